The van der Waals surface area contributed by atoms with Gasteiger partial charge in [-0.25, -0.2) is 4.39 Å². The minimum atomic E-state index is -0.530. The van der Waals surface area contributed by atoms with Crippen LogP contribution in [0.1, 0.15) is 99.0 Å². The van der Waals surface area contributed by atoms with Gasteiger partial charge in [0.15, 0.2) is 0 Å². The van der Waals surface area contributed by atoms with Crippen molar-refractivity contribution in [1.82, 2.24) is 9.80 Å². The molecule has 0 aliphatic carbocycles. The summed E-state index contributed by atoms with van der Waals surface area (Å²) in [7, 11) is 0. The summed E-state index contributed by atoms with van der Waals surface area (Å²) in [6.45, 7) is 15.2. The molecular formula is C37H46FN3O2. The number of aryl methyl sites for hydroxylation is 1. The molecule has 2 fully saturated rings. The number of likely N-dealkylation sites (tertiary alicyclic amines) is 2. The van der Waals surface area contributed by atoms with Crippen LogP contribution in [0.25, 0.3) is 0 Å². The highest BCUT2D eigenvalue weighted by atomic mass is 19.1. The molecule has 5 nitrogen and oxygen atoms in total. The van der Waals surface area contributed by atoms with Crippen LogP contribution in [0.5, 0.6) is 0 Å². The van der Waals surface area contributed by atoms with E-state index in [2.05, 4.69) is 75.2 Å². The van der Waals surface area contributed by atoms with E-state index in [0.717, 1.165) is 29.9 Å². The Morgan fingerprint density at radius 3 is 2.35 bits per heavy atom. The molecule has 43 heavy (non-hydrogen) atoms. The third kappa shape index (κ3) is 6.70. The monoisotopic (exact) mass is 583 g/mol. The van der Waals surface area contributed by atoms with E-state index in [1.165, 1.54) is 24.5 Å². The van der Waals surface area contributed by atoms with Crippen molar-refractivity contribution in [3.63, 3.8) is 0 Å². The fraction of sp³-hybridized carbons (Fsp3) is 0.459. The molecule has 228 valence electrons. The highest BCUT2D eigenvalue weighted by Crippen LogP contribution is 2.39. The van der Waals surface area contributed by atoms with E-state index in [1.54, 1.807) is 24.0 Å². The van der Waals surface area contributed by atoms with E-state index in [-0.39, 0.29) is 28.3 Å². The Hall–Kier alpha value is -3.51. The Bertz CT molecular complexity index is 1450. The van der Waals surface area contributed by atoms with Gasteiger partial charge in [-0.1, -0.05) is 69.3 Å². The Morgan fingerprint density at radius 2 is 1.70 bits per heavy atom. The van der Waals surface area contributed by atoms with Gasteiger partial charge in [0.1, 0.15) is 5.82 Å². The topological polar surface area (TPSA) is 52.7 Å². The van der Waals surface area contributed by atoms with E-state index in [4.69, 9.17) is 0 Å². The molecule has 5 rings (SSSR count). The number of rotatable bonds is 6. The van der Waals surface area contributed by atoms with Gasteiger partial charge >= 0.3 is 0 Å². The van der Waals surface area contributed by atoms with E-state index < -0.39 is 17.8 Å². The number of amides is 2. The van der Waals surface area contributed by atoms with Crippen LogP contribution in [0.15, 0.2) is 66.7 Å². The fourth-order valence-electron chi connectivity index (χ4n) is 6.75. The van der Waals surface area contributed by atoms with Gasteiger partial charge in [0.2, 0.25) is 5.91 Å². The average molecular weight is 584 g/mol. The molecule has 0 bridgehead atoms. The number of carbonyl (C=O) groups is 2. The quantitative estimate of drug-likeness (QED) is 0.320. The summed E-state index contributed by atoms with van der Waals surface area (Å²) in [5, 5.41) is 3.16. The lowest BCUT2D eigenvalue weighted by atomic mass is 9.82. The van der Waals surface area contributed by atoms with Gasteiger partial charge in [0.05, 0.1) is 17.5 Å². The second kappa shape index (κ2) is 12.2. The number of hydrogen-bond donors (Lipinski definition) is 1. The molecule has 3 aromatic rings. The van der Waals surface area contributed by atoms with Crippen LogP contribution in [0.4, 0.5) is 10.1 Å². The first kappa shape index (κ1) is 30.9. The molecular weight excluding hydrogens is 537 g/mol. The van der Waals surface area contributed by atoms with Crippen LogP contribution >= 0.6 is 0 Å². The third-order valence-corrected chi connectivity index (χ3v) is 9.43. The lowest BCUT2D eigenvalue weighted by molar-refractivity contribution is -0.123. The van der Waals surface area contributed by atoms with Crippen molar-refractivity contribution in [2.24, 2.45) is 5.92 Å². The Morgan fingerprint density at radius 1 is 0.977 bits per heavy atom. The first-order chi connectivity index (χ1) is 20.3. The van der Waals surface area contributed by atoms with Crippen molar-refractivity contribution < 1.29 is 14.0 Å². The van der Waals surface area contributed by atoms with E-state index >= 15 is 4.39 Å². The Kier molecular flexibility index (Phi) is 8.80. The molecule has 1 N–H and O–H groups in total. The molecule has 0 spiro atoms. The van der Waals surface area contributed by atoms with E-state index in [1.807, 2.05) is 18.2 Å². The summed E-state index contributed by atoms with van der Waals surface area (Å²) in [5.74, 6) is -1.50. The van der Waals surface area contributed by atoms with Crippen LogP contribution in [0.2, 0.25) is 0 Å². The standard InChI is InChI=1S/C37H46FN3O2/c1-25-11-7-15-31(38)32(25)35(43)41-22-9-14-30(34(42)39-29-13-8-12-28(23-29)36(2,3)4)33(41)27-18-16-26(17-19-27)24-40-21-10-20-37(40,5)6/h7-8,11-13,15-19,23,30,33H,9-10,14,20-22,24H2,1-6H3,(H,39,42)/t30-,33-/m0/s1. The zero-order chi connectivity index (χ0) is 30.9. The molecule has 0 unspecified atom stereocenters. The molecule has 2 atom stereocenters. The summed E-state index contributed by atoms with van der Waals surface area (Å²) in [6, 6.07) is 20.5. The van der Waals surface area contributed by atoms with Crippen LogP contribution < -0.4 is 5.32 Å². The predicted molar refractivity (Wildman–Crippen MR) is 172 cm³/mol. The second-order valence-electron chi connectivity index (χ2n) is 14.0. The fourth-order valence-corrected chi connectivity index (χ4v) is 6.75. The van der Waals surface area contributed by atoms with Crippen molar-refractivity contribution >= 4 is 17.5 Å². The summed E-state index contributed by atoms with van der Waals surface area (Å²) in [5.41, 5.74) is 4.78. The molecule has 2 heterocycles. The maximum absolute atomic E-state index is 15.0. The zero-order valence-corrected chi connectivity index (χ0v) is 26.5. The van der Waals surface area contributed by atoms with Crippen molar-refractivity contribution in [2.75, 3.05) is 18.4 Å². The lowest BCUT2D eigenvalue weighted by Gasteiger charge is -2.41. The number of nitrogens with one attached hydrogen (secondary N) is 1. The van der Waals surface area contributed by atoms with Gasteiger partial charge in [0.25, 0.3) is 5.91 Å². The Labute approximate surface area is 256 Å². The van der Waals surface area contributed by atoms with Crippen LogP contribution in [0, 0.1) is 18.7 Å². The van der Waals surface area contributed by atoms with Crippen LogP contribution in [0.3, 0.4) is 0 Å². The second-order valence-corrected chi connectivity index (χ2v) is 14.0. The highest BCUT2D eigenvalue weighted by molar-refractivity contribution is 5.98. The van der Waals surface area contributed by atoms with Gasteiger partial charge in [-0.3, -0.25) is 14.5 Å². The van der Waals surface area contributed by atoms with Crippen molar-refractivity contribution in [1.29, 1.82) is 0 Å². The Balaban J connectivity index is 1.47. The highest BCUT2D eigenvalue weighted by Gasteiger charge is 2.41. The van der Waals surface area contributed by atoms with Gasteiger partial charge in [-0.15, -0.1) is 0 Å². The molecule has 6 heteroatoms. The summed E-state index contributed by atoms with van der Waals surface area (Å²) in [6.07, 6.45) is 3.70. The van der Waals surface area contributed by atoms with Gasteiger partial charge in [0, 0.05) is 24.3 Å². The smallest absolute Gasteiger partial charge is 0.257 e. The first-order valence-corrected chi connectivity index (χ1v) is 15.7. The zero-order valence-electron chi connectivity index (χ0n) is 26.5. The van der Waals surface area contributed by atoms with Crippen molar-refractivity contribution in [3.8, 4) is 0 Å². The minimum absolute atomic E-state index is 0.0546. The molecule has 2 amide bonds. The van der Waals surface area contributed by atoms with E-state index in [0.29, 0.717) is 24.9 Å². The number of hydrogen-bond acceptors (Lipinski definition) is 3. The lowest BCUT2D eigenvalue weighted by Crippen LogP contribution is -2.46. The summed E-state index contributed by atoms with van der Waals surface area (Å²) in [4.78, 5) is 32.3. The number of benzene rings is 3. The minimum Gasteiger partial charge on any atom is -0.331 e. The van der Waals surface area contributed by atoms with Gasteiger partial charge < -0.3 is 10.2 Å². The van der Waals surface area contributed by atoms with Gasteiger partial charge in [-0.05, 0) is 98.9 Å². The van der Waals surface area contributed by atoms with E-state index in [9.17, 15) is 9.59 Å². The maximum atomic E-state index is 15.0. The number of piperidine rings is 1. The molecule has 3 aromatic carbocycles. The molecule has 2 saturated heterocycles. The van der Waals surface area contributed by atoms with Crippen molar-refractivity contribution in [3.05, 3.63) is 100 Å². The largest absolute Gasteiger partial charge is 0.331 e. The summed E-state index contributed by atoms with van der Waals surface area (Å²) >= 11 is 0. The number of carbonyl (C=O) groups excluding carboxylic acids is 2. The molecule has 2 aliphatic heterocycles. The molecule has 0 saturated carbocycles. The summed E-state index contributed by atoms with van der Waals surface area (Å²) < 4.78 is 15.0. The third-order valence-electron chi connectivity index (χ3n) is 9.43. The maximum Gasteiger partial charge on any atom is 0.257 e. The molecule has 0 aromatic heterocycles. The SMILES string of the molecule is Cc1cccc(F)c1C(=O)N1CCC[C@H](C(=O)Nc2cccc(C(C)(C)C)c2)[C@@H]1c1ccc(CN2CCCC2(C)C)cc1. The molecule has 2 aliphatic rings. The number of nitrogens with zero attached hydrogens (tertiary/aromatic N) is 2. The number of anilines is 1. The molecule has 0 radical (unpaired) electrons. The number of halogens is 1. The van der Waals surface area contributed by atoms with Crippen LogP contribution in [-0.4, -0.2) is 40.2 Å². The normalized spacial score (nSPS) is 20.7. The predicted octanol–water partition coefficient (Wildman–Crippen LogP) is 8.04. The van der Waals surface area contributed by atoms with Gasteiger partial charge in [-0.2, -0.15) is 0 Å². The van der Waals surface area contributed by atoms with Crippen LogP contribution in [-0.2, 0) is 16.8 Å². The average Bonchev–Trinajstić information content (AvgIpc) is 3.29. The van der Waals surface area contributed by atoms with Crippen molar-refractivity contribution in [2.45, 2.75) is 90.8 Å². The first-order valence-electron chi connectivity index (χ1n) is 15.7.